The van der Waals surface area contributed by atoms with Crippen molar-refractivity contribution in [2.24, 2.45) is 0 Å². The van der Waals surface area contributed by atoms with Gasteiger partial charge < -0.3 is 0 Å². The molecule has 0 aliphatic heterocycles. The van der Waals surface area contributed by atoms with Crippen LogP contribution in [0.5, 0.6) is 0 Å². The Morgan fingerprint density at radius 1 is 1.10 bits per heavy atom. The summed E-state index contributed by atoms with van der Waals surface area (Å²) in [7, 11) is 0. The van der Waals surface area contributed by atoms with Crippen LogP contribution >= 0.6 is 0 Å². The van der Waals surface area contributed by atoms with Crippen LogP contribution in [-0.2, 0) is 0 Å². The minimum Gasteiger partial charge on any atom is -0.298 e. The predicted molar refractivity (Wildman–Crippen MR) is 77.2 cm³/mol. The Morgan fingerprint density at radius 2 is 1.90 bits per heavy atom. The number of aromatic nitrogens is 1. The average molecular weight is 276 g/mol. The van der Waals surface area contributed by atoms with E-state index >= 15 is 0 Å². The molecule has 0 N–H and O–H groups in total. The first-order valence-electron chi connectivity index (χ1n) is 6.28. The zero-order chi connectivity index (χ0) is 14.8. The standard InChI is InChI=1S/C17H9FN2O/c18-13-6-5-12(10-21)14(8-13)15-7-11-3-1-2-4-16(11)20-17(15)9-19/h1-8,10H. The summed E-state index contributed by atoms with van der Waals surface area (Å²) in [5.74, 6) is -0.465. The van der Waals surface area contributed by atoms with Gasteiger partial charge in [0.1, 0.15) is 17.6 Å². The van der Waals surface area contributed by atoms with E-state index in [0.29, 0.717) is 28.5 Å². The zero-order valence-electron chi connectivity index (χ0n) is 10.9. The number of aldehydes is 1. The molecule has 0 saturated carbocycles. The van der Waals surface area contributed by atoms with Crippen LogP contribution in [0.1, 0.15) is 16.1 Å². The molecule has 3 nitrogen and oxygen atoms in total. The number of benzene rings is 2. The molecule has 0 atom stereocenters. The van der Waals surface area contributed by atoms with Crippen LogP contribution in [0, 0.1) is 17.1 Å². The van der Waals surface area contributed by atoms with Crippen molar-refractivity contribution >= 4 is 17.2 Å². The third-order valence-electron chi connectivity index (χ3n) is 3.26. The van der Waals surface area contributed by atoms with Crippen molar-refractivity contribution in [3.05, 3.63) is 65.6 Å². The molecule has 0 amide bonds. The number of para-hydroxylation sites is 1. The highest BCUT2D eigenvalue weighted by Gasteiger charge is 2.13. The van der Waals surface area contributed by atoms with Crippen molar-refractivity contribution in [2.75, 3.05) is 0 Å². The van der Waals surface area contributed by atoms with Crippen LogP contribution in [0.15, 0.2) is 48.5 Å². The van der Waals surface area contributed by atoms with Gasteiger partial charge in [0.15, 0.2) is 6.29 Å². The molecule has 21 heavy (non-hydrogen) atoms. The predicted octanol–water partition coefficient (Wildman–Crippen LogP) is 3.73. The lowest BCUT2D eigenvalue weighted by molar-refractivity contribution is 0.112. The van der Waals surface area contributed by atoms with E-state index in [1.807, 2.05) is 24.3 Å². The molecule has 2 aromatic carbocycles. The van der Waals surface area contributed by atoms with Gasteiger partial charge in [0.05, 0.1) is 5.52 Å². The smallest absolute Gasteiger partial charge is 0.150 e. The SMILES string of the molecule is N#Cc1nc2ccccc2cc1-c1cc(F)ccc1C=O. The fourth-order valence-corrected chi connectivity index (χ4v) is 2.27. The van der Waals surface area contributed by atoms with Gasteiger partial charge in [0.25, 0.3) is 0 Å². The van der Waals surface area contributed by atoms with Crippen LogP contribution in [-0.4, -0.2) is 11.3 Å². The first kappa shape index (κ1) is 12.9. The molecule has 1 heterocycles. The number of rotatable bonds is 2. The van der Waals surface area contributed by atoms with Crippen molar-refractivity contribution in [1.82, 2.24) is 4.98 Å². The molecule has 0 fully saturated rings. The molecule has 0 radical (unpaired) electrons. The molecule has 1 aromatic heterocycles. The molecule has 0 unspecified atom stereocenters. The van der Waals surface area contributed by atoms with Gasteiger partial charge in [-0.1, -0.05) is 18.2 Å². The maximum Gasteiger partial charge on any atom is 0.150 e. The second-order valence-electron chi connectivity index (χ2n) is 4.54. The molecule has 3 aromatic rings. The lowest BCUT2D eigenvalue weighted by Crippen LogP contribution is -1.95. The van der Waals surface area contributed by atoms with Crippen LogP contribution < -0.4 is 0 Å². The summed E-state index contributed by atoms with van der Waals surface area (Å²) in [6, 6.07) is 15.0. The number of nitrogens with zero attached hydrogens (tertiary/aromatic N) is 2. The Morgan fingerprint density at radius 3 is 2.67 bits per heavy atom. The van der Waals surface area contributed by atoms with Crippen molar-refractivity contribution in [3.8, 4) is 17.2 Å². The number of nitriles is 1. The normalized spacial score (nSPS) is 10.3. The highest BCUT2D eigenvalue weighted by molar-refractivity contribution is 5.92. The maximum absolute atomic E-state index is 13.5. The Labute approximate surface area is 120 Å². The summed E-state index contributed by atoms with van der Waals surface area (Å²) >= 11 is 0. The van der Waals surface area contributed by atoms with E-state index in [1.54, 1.807) is 12.1 Å². The zero-order valence-corrected chi connectivity index (χ0v) is 10.9. The summed E-state index contributed by atoms with van der Waals surface area (Å²) in [5, 5.41) is 10.1. The molecular weight excluding hydrogens is 267 g/mol. The number of hydrogen-bond acceptors (Lipinski definition) is 3. The number of halogens is 1. The molecule has 0 aliphatic carbocycles. The molecular formula is C17H9FN2O. The molecule has 3 rings (SSSR count). The summed E-state index contributed by atoms with van der Waals surface area (Å²) in [5.41, 5.74) is 2.01. The van der Waals surface area contributed by atoms with E-state index in [-0.39, 0.29) is 5.69 Å². The molecule has 0 spiro atoms. The van der Waals surface area contributed by atoms with Crippen molar-refractivity contribution in [2.45, 2.75) is 0 Å². The van der Waals surface area contributed by atoms with E-state index in [9.17, 15) is 14.4 Å². The summed E-state index contributed by atoms with van der Waals surface area (Å²) < 4.78 is 13.5. The fourth-order valence-electron chi connectivity index (χ4n) is 2.27. The molecule has 0 aliphatic rings. The Bertz CT molecular complexity index is 897. The summed E-state index contributed by atoms with van der Waals surface area (Å²) in [6.45, 7) is 0. The van der Waals surface area contributed by atoms with Crippen LogP contribution in [0.3, 0.4) is 0 Å². The third kappa shape index (κ3) is 2.26. The fraction of sp³-hybridized carbons (Fsp3) is 0. The molecule has 0 saturated heterocycles. The Balaban J connectivity index is 2.36. The Kier molecular flexibility index (Phi) is 3.17. The average Bonchev–Trinajstić information content (AvgIpc) is 2.53. The van der Waals surface area contributed by atoms with Crippen molar-refractivity contribution in [1.29, 1.82) is 5.26 Å². The Hall–Kier alpha value is -3.06. The van der Waals surface area contributed by atoms with Gasteiger partial charge in [-0.05, 0) is 35.9 Å². The molecule has 100 valence electrons. The highest BCUT2D eigenvalue weighted by Crippen LogP contribution is 2.29. The topological polar surface area (TPSA) is 53.8 Å². The van der Waals surface area contributed by atoms with Gasteiger partial charge in [-0.2, -0.15) is 5.26 Å². The van der Waals surface area contributed by atoms with Crippen LogP contribution in [0.2, 0.25) is 0 Å². The lowest BCUT2D eigenvalue weighted by Gasteiger charge is -2.08. The van der Waals surface area contributed by atoms with Crippen molar-refractivity contribution < 1.29 is 9.18 Å². The first-order chi connectivity index (χ1) is 10.2. The van der Waals surface area contributed by atoms with E-state index in [2.05, 4.69) is 4.98 Å². The van der Waals surface area contributed by atoms with Crippen LogP contribution in [0.4, 0.5) is 4.39 Å². The van der Waals surface area contributed by atoms with Crippen molar-refractivity contribution in [3.63, 3.8) is 0 Å². The third-order valence-corrected chi connectivity index (χ3v) is 3.26. The van der Waals surface area contributed by atoms with Gasteiger partial charge in [-0.3, -0.25) is 4.79 Å². The number of hydrogen-bond donors (Lipinski definition) is 0. The minimum absolute atomic E-state index is 0.169. The summed E-state index contributed by atoms with van der Waals surface area (Å²) in [4.78, 5) is 15.4. The van der Waals surface area contributed by atoms with Gasteiger partial charge in [0, 0.05) is 16.5 Å². The van der Waals surface area contributed by atoms with E-state index < -0.39 is 5.82 Å². The number of fused-ring (bicyclic) bond motifs is 1. The second-order valence-corrected chi connectivity index (χ2v) is 4.54. The number of carbonyl (C=O) groups is 1. The maximum atomic E-state index is 13.5. The summed E-state index contributed by atoms with van der Waals surface area (Å²) in [6.07, 6.45) is 0.644. The van der Waals surface area contributed by atoms with E-state index in [1.165, 1.54) is 18.2 Å². The highest BCUT2D eigenvalue weighted by atomic mass is 19.1. The van der Waals surface area contributed by atoms with E-state index in [0.717, 1.165) is 5.39 Å². The largest absolute Gasteiger partial charge is 0.298 e. The monoisotopic (exact) mass is 276 g/mol. The van der Waals surface area contributed by atoms with Gasteiger partial charge in [0.2, 0.25) is 0 Å². The minimum atomic E-state index is -0.465. The lowest BCUT2D eigenvalue weighted by atomic mass is 9.97. The molecule has 0 bridgehead atoms. The van der Waals surface area contributed by atoms with E-state index in [4.69, 9.17) is 0 Å². The quantitative estimate of drug-likeness (QED) is 0.670. The van der Waals surface area contributed by atoms with Crippen LogP contribution in [0.25, 0.3) is 22.0 Å². The second kappa shape index (κ2) is 5.14. The van der Waals surface area contributed by atoms with Gasteiger partial charge >= 0.3 is 0 Å². The van der Waals surface area contributed by atoms with Gasteiger partial charge in [-0.15, -0.1) is 0 Å². The molecule has 4 heteroatoms. The number of carbonyl (C=O) groups excluding carboxylic acids is 1. The first-order valence-corrected chi connectivity index (χ1v) is 6.28. The van der Waals surface area contributed by atoms with Gasteiger partial charge in [-0.25, -0.2) is 9.37 Å². The number of pyridine rings is 1.